The molecule has 6 heteroatoms. The molecule has 0 spiro atoms. The number of benzene rings is 10. The third-order valence-corrected chi connectivity index (χ3v) is 14.0. The van der Waals surface area contributed by atoms with Gasteiger partial charge in [-0.15, -0.1) is 0 Å². The minimum Gasteiger partial charge on any atom is -0.309 e. The number of fused-ring (bicyclic) bond motifs is 12. The second kappa shape index (κ2) is 14.1. The average Bonchev–Trinajstić information content (AvgIpc) is 4.09. The van der Waals surface area contributed by atoms with Gasteiger partial charge in [0.15, 0.2) is 0 Å². The summed E-state index contributed by atoms with van der Waals surface area (Å²) in [7, 11) is 0. The summed E-state index contributed by atoms with van der Waals surface area (Å²) in [6.07, 6.45) is 0. The van der Waals surface area contributed by atoms with Crippen LogP contribution in [0.4, 0.5) is 8.78 Å². The average molecular weight is 865 g/mol. The van der Waals surface area contributed by atoms with Crippen molar-refractivity contribution in [2.75, 3.05) is 0 Å². The zero-order valence-corrected chi connectivity index (χ0v) is 36.3. The van der Waals surface area contributed by atoms with Crippen LogP contribution in [0.3, 0.4) is 0 Å². The van der Waals surface area contributed by atoms with Gasteiger partial charge in [0.05, 0.1) is 61.1 Å². The molecule has 0 aliphatic heterocycles. The first-order chi connectivity index (χ1) is 33.0. The lowest BCUT2D eigenvalue weighted by atomic mass is 9.97. The summed E-state index contributed by atoms with van der Waals surface area (Å²) in [5, 5.41) is 9.16. The number of para-hydroxylation sites is 6. The van der Waals surface area contributed by atoms with Crippen molar-refractivity contribution in [2.45, 2.75) is 6.92 Å². The van der Waals surface area contributed by atoms with Crippen LogP contribution in [0.1, 0.15) is 5.56 Å². The van der Waals surface area contributed by atoms with Crippen LogP contribution in [0.15, 0.2) is 212 Å². The van der Waals surface area contributed by atoms with Crippen LogP contribution in [0, 0.1) is 18.6 Å². The van der Waals surface area contributed by atoms with E-state index in [0.29, 0.717) is 5.56 Å². The quantitative estimate of drug-likeness (QED) is 0.164. The lowest BCUT2D eigenvalue weighted by molar-refractivity contribution is 0.589. The van der Waals surface area contributed by atoms with Crippen molar-refractivity contribution in [3.05, 3.63) is 230 Å². The standard InChI is InChI=1S/C61H38F2N4/c1-37-33-59(66-55-27-12-6-19-44(55)47-34-38(29-31-57(47)66)64-51-23-8-2-15-40(51)41-16-3-9-24-52(41)64)60(36-46(37)61-49(62)21-14-22-50(61)63)67-56-28-13-7-20-45(56)48-35-39(30-32-58(48)67)65-53-25-10-4-17-42(53)43-18-5-11-26-54(43)65/h2-36H,1H3. The van der Waals surface area contributed by atoms with Gasteiger partial charge in [-0.05, 0) is 115 Å². The van der Waals surface area contributed by atoms with Crippen LogP contribution < -0.4 is 0 Å². The molecule has 14 rings (SSSR count). The number of halogens is 2. The van der Waals surface area contributed by atoms with E-state index in [0.717, 1.165) is 94.0 Å². The molecule has 0 atom stereocenters. The van der Waals surface area contributed by atoms with Gasteiger partial charge in [-0.1, -0.05) is 115 Å². The van der Waals surface area contributed by atoms with E-state index in [1.54, 1.807) is 0 Å². The summed E-state index contributed by atoms with van der Waals surface area (Å²) in [6.45, 7) is 1.95. The van der Waals surface area contributed by atoms with Crippen molar-refractivity contribution in [1.29, 1.82) is 0 Å². The number of hydrogen-bond donors (Lipinski definition) is 0. The van der Waals surface area contributed by atoms with Crippen LogP contribution in [-0.4, -0.2) is 18.3 Å². The van der Waals surface area contributed by atoms with Gasteiger partial charge in [0.25, 0.3) is 0 Å². The fourth-order valence-electron chi connectivity index (χ4n) is 11.2. The van der Waals surface area contributed by atoms with Gasteiger partial charge >= 0.3 is 0 Å². The molecule has 4 aromatic heterocycles. The summed E-state index contributed by atoms with van der Waals surface area (Å²) in [5.74, 6) is -1.21. The van der Waals surface area contributed by atoms with Crippen LogP contribution in [0.2, 0.25) is 0 Å². The van der Waals surface area contributed by atoms with Gasteiger partial charge in [-0.2, -0.15) is 0 Å². The Labute approximate surface area is 383 Å². The molecule has 4 heterocycles. The Morgan fingerprint density at radius 3 is 0.985 bits per heavy atom. The van der Waals surface area contributed by atoms with Gasteiger partial charge < -0.3 is 18.3 Å². The van der Waals surface area contributed by atoms with E-state index in [1.165, 1.54) is 39.7 Å². The highest BCUT2D eigenvalue weighted by Gasteiger charge is 2.25. The van der Waals surface area contributed by atoms with Crippen LogP contribution in [0.25, 0.3) is 121 Å². The Bertz CT molecular complexity index is 4260. The number of hydrogen-bond acceptors (Lipinski definition) is 0. The van der Waals surface area contributed by atoms with Crippen molar-refractivity contribution in [3.8, 4) is 33.9 Å². The molecule has 14 aromatic rings. The van der Waals surface area contributed by atoms with Crippen molar-refractivity contribution >= 4 is 87.2 Å². The van der Waals surface area contributed by atoms with Crippen molar-refractivity contribution < 1.29 is 8.78 Å². The van der Waals surface area contributed by atoms with Crippen LogP contribution in [0.5, 0.6) is 0 Å². The van der Waals surface area contributed by atoms with E-state index < -0.39 is 11.6 Å². The maximum absolute atomic E-state index is 16.0. The molecule has 0 radical (unpaired) electrons. The van der Waals surface area contributed by atoms with E-state index >= 15 is 8.78 Å². The van der Waals surface area contributed by atoms with E-state index in [-0.39, 0.29) is 5.56 Å². The minimum atomic E-state index is -0.603. The Kier molecular flexibility index (Phi) is 7.93. The molecule has 0 N–H and O–H groups in total. The van der Waals surface area contributed by atoms with Gasteiger partial charge in [0.2, 0.25) is 0 Å². The largest absolute Gasteiger partial charge is 0.309 e. The number of aryl methyl sites for hydroxylation is 1. The Morgan fingerprint density at radius 2 is 0.597 bits per heavy atom. The van der Waals surface area contributed by atoms with Crippen LogP contribution >= 0.6 is 0 Å². The molecule has 0 saturated carbocycles. The van der Waals surface area contributed by atoms with E-state index in [9.17, 15) is 0 Å². The number of nitrogens with zero attached hydrogens (tertiary/aromatic N) is 4. The maximum Gasteiger partial charge on any atom is 0.133 e. The molecule has 67 heavy (non-hydrogen) atoms. The summed E-state index contributed by atoms with van der Waals surface area (Å²) < 4.78 is 41.3. The zero-order chi connectivity index (χ0) is 44.5. The molecule has 4 nitrogen and oxygen atoms in total. The molecule has 0 aliphatic rings. The monoisotopic (exact) mass is 864 g/mol. The van der Waals surface area contributed by atoms with Gasteiger partial charge in [0.1, 0.15) is 11.6 Å². The van der Waals surface area contributed by atoms with Gasteiger partial charge in [-0.3, -0.25) is 0 Å². The molecular formula is C61H38F2N4. The minimum absolute atomic E-state index is 0.0414. The molecule has 0 saturated heterocycles. The highest BCUT2D eigenvalue weighted by atomic mass is 19.1. The first-order valence-corrected chi connectivity index (χ1v) is 22.7. The Balaban J connectivity index is 1.07. The molecule has 10 aromatic carbocycles. The Hall–Kier alpha value is -8.74. The predicted molar refractivity (Wildman–Crippen MR) is 274 cm³/mol. The first kappa shape index (κ1) is 37.6. The number of rotatable bonds is 5. The molecule has 0 unspecified atom stereocenters. The molecule has 0 bridgehead atoms. The van der Waals surface area contributed by atoms with Crippen molar-refractivity contribution in [3.63, 3.8) is 0 Å². The molecule has 0 amide bonds. The van der Waals surface area contributed by atoms with Gasteiger partial charge in [0, 0.05) is 54.5 Å². The summed E-state index contributed by atoms with van der Waals surface area (Å²) in [4.78, 5) is 0. The third kappa shape index (κ3) is 5.32. The highest BCUT2D eigenvalue weighted by molar-refractivity contribution is 6.15. The molecular weight excluding hydrogens is 827 g/mol. The number of aromatic nitrogens is 4. The summed E-state index contributed by atoms with van der Waals surface area (Å²) in [5.41, 5.74) is 13.6. The zero-order valence-electron chi connectivity index (χ0n) is 36.3. The second-order valence-corrected chi connectivity index (χ2v) is 17.6. The molecule has 0 fully saturated rings. The first-order valence-electron chi connectivity index (χ1n) is 22.7. The van der Waals surface area contributed by atoms with E-state index in [4.69, 9.17) is 0 Å². The lowest BCUT2D eigenvalue weighted by Crippen LogP contribution is -2.06. The lowest BCUT2D eigenvalue weighted by Gasteiger charge is -2.20. The molecule has 316 valence electrons. The summed E-state index contributed by atoms with van der Waals surface area (Å²) >= 11 is 0. The van der Waals surface area contributed by atoms with Crippen molar-refractivity contribution in [1.82, 2.24) is 18.3 Å². The predicted octanol–water partition coefficient (Wildman–Crippen LogP) is 16.3. The van der Waals surface area contributed by atoms with E-state index in [2.05, 4.69) is 206 Å². The third-order valence-electron chi connectivity index (χ3n) is 14.0. The smallest absolute Gasteiger partial charge is 0.133 e. The second-order valence-electron chi connectivity index (χ2n) is 17.6. The molecule has 0 aliphatic carbocycles. The normalized spacial score (nSPS) is 12.1. The van der Waals surface area contributed by atoms with Crippen molar-refractivity contribution in [2.24, 2.45) is 0 Å². The maximum atomic E-state index is 16.0. The fourth-order valence-corrected chi connectivity index (χ4v) is 11.2. The van der Waals surface area contributed by atoms with Gasteiger partial charge in [-0.25, -0.2) is 8.78 Å². The van der Waals surface area contributed by atoms with Crippen LogP contribution in [-0.2, 0) is 0 Å². The fraction of sp³-hybridized carbons (Fsp3) is 0.0164. The Morgan fingerprint density at radius 1 is 0.284 bits per heavy atom. The summed E-state index contributed by atoms with van der Waals surface area (Å²) in [6, 6.07) is 72.9. The highest BCUT2D eigenvalue weighted by Crippen LogP contribution is 2.44. The topological polar surface area (TPSA) is 19.7 Å². The SMILES string of the molecule is Cc1cc(-n2c3ccccc3c3cc(-n4c5ccccc5c5ccccc54)ccc32)c(-n2c3ccccc3c3cc(-n4c5ccccc5c5ccccc54)ccc32)cc1-c1c(F)cccc1F. The van der Waals surface area contributed by atoms with E-state index in [1.807, 2.05) is 13.0 Å².